The van der Waals surface area contributed by atoms with Crippen molar-refractivity contribution >= 4 is 46.3 Å². The average Bonchev–Trinajstić information content (AvgIpc) is 2.89. The SMILES string of the molecule is CCCCCCO[PH](=S)OC1=N[N+](C)(CCCCCC)C(S(=O)(=O)CC)=C1Cl. The second-order valence-corrected chi connectivity index (χ2v) is 11.7. The van der Waals surface area contributed by atoms with Crippen molar-refractivity contribution in [1.82, 2.24) is 0 Å². The number of hydrogen-bond donors (Lipinski definition) is 0. The fourth-order valence-corrected chi connectivity index (χ4v) is 6.22. The first-order chi connectivity index (χ1) is 13.2. The lowest BCUT2D eigenvalue weighted by molar-refractivity contribution is -0.870. The standard InChI is InChI=1S/C18H35ClN2O4PS2/c1-5-8-10-12-14-21(4)18(28(22,23)7-3)16(19)17(20-21)25-26(27)24-15-13-11-9-6-2/h26H,5-15H2,1-4H3/q+1. The van der Waals surface area contributed by atoms with Gasteiger partial charge in [0.15, 0.2) is 5.03 Å². The number of sulfone groups is 1. The Kier molecular flexibility index (Phi) is 11.8. The van der Waals surface area contributed by atoms with E-state index in [1.54, 1.807) is 14.0 Å². The van der Waals surface area contributed by atoms with Crippen LogP contribution >= 0.6 is 18.8 Å². The molecule has 0 N–H and O–H groups in total. The van der Waals surface area contributed by atoms with E-state index < -0.39 is 17.0 Å². The van der Waals surface area contributed by atoms with Crippen LogP contribution in [0.15, 0.2) is 15.2 Å². The summed E-state index contributed by atoms with van der Waals surface area (Å²) >= 11 is 11.7. The Bertz CT molecular complexity index is 698. The summed E-state index contributed by atoms with van der Waals surface area (Å²) in [4.78, 5) is 0. The first kappa shape index (κ1) is 26.1. The van der Waals surface area contributed by atoms with E-state index in [2.05, 4.69) is 18.9 Å². The van der Waals surface area contributed by atoms with Crippen LogP contribution in [0, 0.1) is 0 Å². The lowest BCUT2D eigenvalue weighted by Gasteiger charge is -2.25. The predicted molar refractivity (Wildman–Crippen MR) is 122 cm³/mol. The molecule has 0 fully saturated rings. The highest BCUT2D eigenvalue weighted by Gasteiger charge is 2.47. The zero-order valence-electron chi connectivity index (χ0n) is 17.5. The molecule has 164 valence electrons. The summed E-state index contributed by atoms with van der Waals surface area (Å²) < 4.78 is 36.6. The van der Waals surface area contributed by atoms with Crippen molar-refractivity contribution in [3.8, 4) is 0 Å². The highest BCUT2D eigenvalue weighted by molar-refractivity contribution is 8.00. The van der Waals surface area contributed by atoms with Gasteiger partial charge >= 0.3 is 0 Å². The molecule has 28 heavy (non-hydrogen) atoms. The molecule has 1 aliphatic heterocycles. The monoisotopic (exact) mass is 473 g/mol. The smallest absolute Gasteiger partial charge is 0.298 e. The van der Waals surface area contributed by atoms with Gasteiger partial charge in [0.1, 0.15) is 6.54 Å². The summed E-state index contributed by atoms with van der Waals surface area (Å²) in [5, 5.41) is 4.67. The Labute approximate surface area is 181 Å². The van der Waals surface area contributed by atoms with Gasteiger partial charge < -0.3 is 9.05 Å². The zero-order chi connectivity index (χ0) is 21.2. The lowest BCUT2D eigenvalue weighted by atomic mass is 10.2. The van der Waals surface area contributed by atoms with Crippen LogP contribution in [0.3, 0.4) is 0 Å². The maximum Gasteiger partial charge on any atom is 0.298 e. The molecule has 0 spiro atoms. The molecule has 1 heterocycles. The Morgan fingerprint density at radius 1 is 1.07 bits per heavy atom. The normalized spacial score (nSPS) is 21.1. The molecule has 1 aliphatic rings. The molecule has 2 unspecified atom stereocenters. The minimum atomic E-state index is -3.53. The van der Waals surface area contributed by atoms with Crippen molar-refractivity contribution in [2.24, 2.45) is 5.10 Å². The lowest BCUT2D eigenvalue weighted by Crippen LogP contribution is -2.40. The number of rotatable bonds is 14. The molecule has 0 aromatic carbocycles. The summed E-state index contributed by atoms with van der Waals surface area (Å²) in [5.41, 5.74) is 0. The molecule has 1 rings (SSSR count). The fraction of sp³-hybridized carbons (Fsp3) is 0.833. The fourth-order valence-electron chi connectivity index (χ4n) is 3.02. The summed E-state index contributed by atoms with van der Waals surface area (Å²) in [6.45, 7) is 6.98. The Morgan fingerprint density at radius 2 is 1.68 bits per heavy atom. The van der Waals surface area contributed by atoms with E-state index >= 15 is 0 Å². The average molecular weight is 474 g/mol. The molecule has 10 heteroatoms. The van der Waals surface area contributed by atoms with E-state index in [-0.39, 0.29) is 26.3 Å². The largest absolute Gasteiger partial charge is 0.422 e. The van der Waals surface area contributed by atoms with Crippen LogP contribution in [-0.4, -0.2) is 44.9 Å². The van der Waals surface area contributed by atoms with Gasteiger partial charge in [-0.1, -0.05) is 64.5 Å². The molecule has 0 aromatic heterocycles. The van der Waals surface area contributed by atoms with Gasteiger partial charge in [-0.15, -0.1) is 0 Å². The topological polar surface area (TPSA) is 65.0 Å². The summed E-state index contributed by atoms with van der Waals surface area (Å²) in [6, 6.07) is 0. The maximum absolute atomic E-state index is 12.7. The van der Waals surface area contributed by atoms with Gasteiger partial charge in [0.2, 0.25) is 17.0 Å². The highest BCUT2D eigenvalue weighted by atomic mass is 35.5. The van der Waals surface area contributed by atoms with Crippen molar-refractivity contribution < 1.29 is 22.1 Å². The van der Waals surface area contributed by atoms with E-state index in [0.717, 1.165) is 51.4 Å². The number of quaternary nitrogens is 1. The molecule has 2 atom stereocenters. The second kappa shape index (κ2) is 12.7. The van der Waals surface area contributed by atoms with Crippen LogP contribution in [0.5, 0.6) is 0 Å². The second-order valence-electron chi connectivity index (χ2n) is 7.11. The molecular weight excluding hydrogens is 439 g/mol. The number of nitrogens with zero attached hydrogens (tertiary/aromatic N) is 2. The summed E-state index contributed by atoms with van der Waals surface area (Å²) in [5.74, 6) is 0.0631. The Morgan fingerprint density at radius 3 is 2.25 bits per heavy atom. The molecule has 0 aromatic rings. The highest BCUT2D eigenvalue weighted by Crippen LogP contribution is 2.39. The van der Waals surface area contributed by atoms with Crippen LogP contribution in [0.1, 0.15) is 72.1 Å². The van der Waals surface area contributed by atoms with E-state index in [1.807, 2.05) is 0 Å². The predicted octanol–water partition coefficient (Wildman–Crippen LogP) is 5.30. The third-order valence-electron chi connectivity index (χ3n) is 4.64. The number of unbranched alkanes of at least 4 members (excludes halogenated alkanes) is 6. The maximum atomic E-state index is 12.7. The molecule has 0 amide bonds. The van der Waals surface area contributed by atoms with Gasteiger partial charge in [0.05, 0.1) is 19.4 Å². The van der Waals surface area contributed by atoms with E-state index in [0.29, 0.717) is 13.2 Å². The number of hydrogen-bond acceptors (Lipinski definition) is 6. The quantitative estimate of drug-likeness (QED) is 0.194. The van der Waals surface area contributed by atoms with Crippen molar-refractivity contribution in [3.63, 3.8) is 0 Å². The Hall–Kier alpha value is 0.0200. The molecule has 0 saturated carbocycles. The van der Waals surface area contributed by atoms with Crippen molar-refractivity contribution in [2.75, 3.05) is 26.0 Å². The summed E-state index contributed by atoms with van der Waals surface area (Å²) in [7, 11) is -3.79. The molecular formula is C18H35ClN2O4PS2+. The number of halogens is 1. The van der Waals surface area contributed by atoms with Gasteiger partial charge in [-0.3, -0.25) is 0 Å². The van der Waals surface area contributed by atoms with Crippen LogP contribution < -0.4 is 0 Å². The summed E-state index contributed by atoms with van der Waals surface area (Å²) in [6.07, 6.45) is 8.42. The van der Waals surface area contributed by atoms with Crippen molar-refractivity contribution in [1.29, 1.82) is 0 Å². The van der Waals surface area contributed by atoms with Gasteiger partial charge in [-0.2, -0.15) is 4.59 Å². The first-order valence-corrected chi connectivity index (χ1v) is 14.6. The van der Waals surface area contributed by atoms with Crippen LogP contribution in [0.4, 0.5) is 0 Å². The van der Waals surface area contributed by atoms with Crippen molar-refractivity contribution in [3.05, 3.63) is 10.1 Å². The van der Waals surface area contributed by atoms with E-state index in [4.69, 9.17) is 32.5 Å². The molecule has 6 nitrogen and oxygen atoms in total. The molecule has 0 bridgehead atoms. The minimum absolute atomic E-state index is 0.0379. The van der Waals surface area contributed by atoms with Gasteiger partial charge in [0, 0.05) is 0 Å². The van der Waals surface area contributed by atoms with Gasteiger partial charge in [0.25, 0.3) is 10.9 Å². The van der Waals surface area contributed by atoms with Crippen molar-refractivity contribution in [2.45, 2.75) is 72.1 Å². The third-order valence-corrected chi connectivity index (χ3v) is 8.45. The molecule has 0 aliphatic carbocycles. The first-order valence-electron chi connectivity index (χ1n) is 10.2. The molecule has 0 saturated heterocycles. The zero-order valence-corrected chi connectivity index (χ0v) is 20.9. The Balaban J connectivity index is 2.89. The van der Waals surface area contributed by atoms with Crippen LogP contribution in [0.2, 0.25) is 0 Å². The third kappa shape index (κ3) is 7.69. The minimum Gasteiger partial charge on any atom is -0.422 e. The van der Waals surface area contributed by atoms with E-state index in [1.165, 1.54) is 0 Å². The van der Waals surface area contributed by atoms with E-state index in [9.17, 15) is 8.42 Å². The van der Waals surface area contributed by atoms with Crippen LogP contribution in [-0.2, 0) is 30.7 Å². The van der Waals surface area contributed by atoms with Gasteiger partial charge in [-0.25, -0.2) is 8.42 Å². The van der Waals surface area contributed by atoms with Gasteiger partial charge in [-0.05, 0) is 36.2 Å². The molecule has 0 radical (unpaired) electrons. The van der Waals surface area contributed by atoms with Crippen LogP contribution in [0.25, 0.3) is 0 Å².